The fraction of sp³-hybridized carbons (Fsp3) is 0.455. The molecule has 0 bridgehead atoms. The lowest BCUT2D eigenvalue weighted by atomic mass is 9.94. The number of carbonyl (C=O) groups excluding carboxylic acids is 4. The number of aromatic amines is 1. The number of aromatic nitrogens is 1. The van der Waals surface area contributed by atoms with Gasteiger partial charge in [-0.2, -0.15) is 0 Å². The summed E-state index contributed by atoms with van der Waals surface area (Å²) in [4.78, 5) is 57.0. The van der Waals surface area contributed by atoms with E-state index in [0.717, 1.165) is 22.9 Å². The number of amides is 4. The van der Waals surface area contributed by atoms with Gasteiger partial charge in [-0.3, -0.25) is 14.4 Å². The number of alkyl carbamates (subject to hydrolysis) is 1. The zero-order chi connectivity index (χ0) is 31.1. The number of H-pyrrole nitrogens is 1. The van der Waals surface area contributed by atoms with E-state index >= 15 is 0 Å². The van der Waals surface area contributed by atoms with Gasteiger partial charge in [0.15, 0.2) is 0 Å². The third-order valence-electron chi connectivity index (χ3n) is 7.65. The molecule has 0 unspecified atom stereocenters. The Bertz CT molecular complexity index is 1430. The minimum Gasteiger partial charge on any atom is -0.444 e. The standard InChI is InChI=1S/C33H43N5O5/c1-6-22-11-13-25(14-12-22)36-29(39)21(2)35-30(40)23-15-17-38(18-16-23)31(41)28(37-32(42)43-33(3,4)5)19-24-20-34-27-10-8-7-9-26(24)27/h7-14,20-21,23,28,34H,6,15-19H2,1-5H3,(H,35,40)(H,36,39)(H,37,42)/t21-,28-/m0/s1. The van der Waals surface area contributed by atoms with Gasteiger partial charge in [0.1, 0.15) is 17.7 Å². The van der Waals surface area contributed by atoms with E-state index in [4.69, 9.17) is 4.74 Å². The molecular formula is C33H43N5O5. The van der Waals surface area contributed by atoms with Crippen molar-refractivity contribution < 1.29 is 23.9 Å². The average Bonchev–Trinajstić information content (AvgIpc) is 3.38. The summed E-state index contributed by atoms with van der Waals surface area (Å²) in [6.45, 7) is 9.76. The molecule has 2 aromatic carbocycles. The largest absolute Gasteiger partial charge is 0.444 e. The van der Waals surface area contributed by atoms with Crippen molar-refractivity contribution in [3.63, 3.8) is 0 Å². The summed E-state index contributed by atoms with van der Waals surface area (Å²) in [6, 6.07) is 13.9. The van der Waals surface area contributed by atoms with E-state index in [0.29, 0.717) is 31.6 Å². The molecule has 43 heavy (non-hydrogen) atoms. The first-order valence-corrected chi connectivity index (χ1v) is 15.0. The van der Waals surface area contributed by atoms with E-state index in [2.05, 4.69) is 27.9 Å². The molecule has 0 spiro atoms. The number of aryl methyl sites for hydroxylation is 1. The molecule has 1 saturated heterocycles. The van der Waals surface area contributed by atoms with E-state index in [-0.39, 0.29) is 30.1 Å². The normalized spacial score (nSPS) is 15.4. The molecule has 4 rings (SSSR count). The number of anilines is 1. The van der Waals surface area contributed by atoms with Crippen LogP contribution in [-0.4, -0.2) is 64.5 Å². The second-order valence-corrected chi connectivity index (χ2v) is 12.1. The smallest absolute Gasteiger partial charge is 0.408 e. The minimum absolute atomic E-state index is 0.210. The summed E-state index contributed by atoms with van der Waals surface area (Å²) in [5, 5.41) is 9.43. The Balaban J connectivity index is 1.34. The number of hydrogen-bond acceptors (Lipinski definition) is 5. The molecule has 0 saturated carbocycles. The molecule has 0 aliphatic carbocycles. The number of nitrogens with zero attached hydrogens (tertiary/aromatic N) is 1. The van der Waals surface area contributed by atoms with Crippen LogP contribution in [0.4, 0.5) is 10.5 Å². The highest BCUT2D eigenvalue weighted by atomic mass is 16.6. The van der Waals surface area contributed by atoms with Gasteiger partial charge < -0.3 is 30.6 Å². The lowest BCUT2D eigenvalue weighted by molar-refractivity contribution is -0.137. The Labute approximate surface area is 252 Å². The van der Waals surface area contributed by atoms with Gasteiger partial charge in [0.05, 0.1) is 0 Å². The Morgan fingerprint density at radius 3 is 2.33 bits per heavy atom. The third-order valence-corrected chi connectivity index (χ3v) is 7.65. The molecule has 10 heteroatoms. The topological polar surface area (TPSA) is 133 Å². The van der Waals surface area contributed by atoms with Gasteiger partial charge >= 0.3 is 6.09 Å². The number of fused-ring (bicyclic) bond motifs is 1. The Hall–Kier alpha value is -4.34. The first-order valence-electron chi connectivity index (χ1n) is 15.0. The molecule has 230 valence electrons. The highest BCUT2D eigenvalue weighted by molar-refractivity contribution is 5.97. The van der Waals surface area contributed by atoms with Gasteiger partial charge in [0.25, 0.3) is 0 Å². The molecule has 1 fully saturated rings. The molecule has 2 atom stereocenters. The lowest BCUT2D eigenvalue weighted by Gasteiger charge is -2.34. The van der Waals surface area contributed by atoms with Crippen molar-refractivity contribution in [1.82, 2.24) is 20.5 Å². The summed E-state index contributed by atoms with van der Waals surface area (Å²) in [6.07, 6.45) is 3.31. The van der Waals surface area contributed by atoms with Crippen molar-refractivity contribution in [2.45, 2.75) is 78.0 Å². The Kier molecular flexibility index (Phi) is 10.1. The molecule has 4 amide bonds. The molecule has 1 aromatic heterocycles. The summed E-state index contributed by atoms with van der Waals surface area (Å²) in [5.41, 5.74) is 3.00. The van der Waals surface area contributed by atoms with Crippen molar-refractivity contribution in [2.24, 2.45) is 5.92 Å². The van der Waals surface area contributed by atoms with Crippen LogP contribution in [0.2, 0.25) is 0 Å². The third kappa shape index (κ3) is 8.59. The monoisotopic (exact) mass is 589 g/mol. The van der Waals surface area contributed by atoms with E-state index in [1.54, 1.807) is 32.6 Å². The zero-order valence-corrected chi connectivity index (χ0v) is 25.7. The molecule has 0 radical (unpaired) electrons. The number of benzene rings is 2. The van der Waals surface area contributed by atoms with Crippen molar-refractivity contribution >= 4 is 40.4 Å². The SMILES string of the molecule is CCc1ccc(NC(=O)[C@H](C)NC(=O)C2CCN(C(=O)[C@H](Cc3c[nH]c4ccccc34)NC(=O)OC(C)(C)C)CC2)cc1. The maximum atomic E-state index is 13.7. The fourth-order valence-corrected chi connectivity index (χ4v) is 5.22. The highest BCUT2D eigenvalue weighted by Crippen LogP contribution is 2.23. The van der Waals surface area contributed by atoms with Crippen LogP contribution in [0.1, 0.15) is 58.6 Å². The minimum atomic E-state index is -0.838. The van der Waals surface area contributed by atoms with Crippen LogP contribution in [0, 0.1) is 5.92 Å². The number of piperidine rings is 1. The maximum absolute atomic E-state index is 13.7. The number of carbonyl (C=O) groups is 4. The van der Waals surface area contributed by atoms with Crippen molar-refractivity contribution in [2.75, 3.05) is 18.4 Å². The van der Waals surface area contributed by atoms with Crippen LogP contribution in [0.25, 0.3) is 10.9 Å². The first-order chi connectivity index (χ1) is 20.4. The molecule has 10 nitrogen and oxygen atoms in total. The van der Waals surface area contributed by atoms with Crippen LogP contribution in [0.5, 0.6) is 0 Å². The van der Waals surface area contributed by atoms with Crippen LogP contribution < -0.4 is 16.0 Å². The van der Waals surface area contributed by atoms with E-state index in [1.165, 1.54) is 5.56 Å². The molecule has 1 aliphatic rings. The molecule has 4 N–H and O–H groups in total. The summed E-state index contributed by atoms with van der Waals surface area (Å²) >= 11 is 0. The predicted molar refractivity (Wildman–Crippen MR) is 167 cm³/mol. The molecule has 2 heterocycles. The molecule has 3 aromatic rings. The van der Waals surface area contributed by atoms with E-state index in [1.807, 2.05) is 54.7 Å². The molecular weight excluding hydrogens is 546 g/mol. The zero-order valence-electron chi connectivity index (χ0n) is 25.7. The summed E-state index contributed by atoms with van der Waals surface area (Å²) < 4.78 is 5.45. The fourth-order valence-electron chi connectivity index (χ4n) is 5.22. The number of ether oxygens (including phenoxy) is 1. The average molecular weight is 590 g/mol. The Morgan fingerprint density at radius 2 is 1.67 bits per heavy atom. The van der Waals surface area contributed by atoms with Crippen molar-refractivity contribution in [3.05, 3.63) is 65.9 Å². The second kappa shape index (κ2) is 13.8. The van der Waals surface area contributed by atoms with Crippen molar-refractivity contribution in [3.8, 4) is 0 Å². The van der Waals surface area contributed by atoms with Crippen LogP contribution in [0.15, 0.2) is 54.7 Å². The number of likely N-dealkylation sites (tertiary alicyclic amines) is 1. The number of hydrogen-bond donors (Lipinski definition) is 4. The van der Waals surface area contributed by atoms with Gasteiger partial charge in [-0.1, -0.05) is 37.3 Å². The van der Waals surface area contributed by atoms with Gasteiger partial charge in [-0.05, 0) is 76.3 Å². The van der Waals surface area contributed by atoms with Gasteiger partial charge in [-0.15, -0.1) is 0 Å². The Morgan fingerprint density at radius 1 is 1.00 bits per heavy atom. The van der Waals surface area contributed by atoms with Gasteiger partial charge in [0, 0.05) is 48.2 Å². The number of rotatable bonds is 9. The van der Waals surface area contributed by atoms with Crippen molar-refractivity contribution in [1.29, 1.82) is 0 Å². The van der Waals surface area contributed by atoms with Crippen LogP contribution >= 0.6 is 0 Å². The summed E-state index contributed by atoms with van der Waals surface area (Å²) in [5.74, 6) is -1.05. The first kappa shape index (κ1) is 31.6. The quantitative estimate of drug-likeness (QED) is 0.291. The maximum Gasteiger partial charge on any atom is 0.408 e. The highest BCUT2D eigenvalue weighted by Gasteiger charge is 2.33. The van der Waals surface area contributed by atoms with E-state index < -0.39 is 23.8 Å². The number of nitrogens with one attached hydrogen (secondary N) is 4. The van der Waals surface area contributed by atoms with Gasteiger partial charge in [0.2, 0.25) is 17.7 Å². The second-order valence-electron chi connectivity index (χ2n) is 12.1. The number of para-hydroxylation sites is 1. The lowest BCUT2D eigenvalue weighted by Crippen LogP contribution is -2.53. The van der Waals surface area contributed by atoms with E-state index in [9.17, 15) is 19.2 Å². The predicted octanol–water partition coefficient (Wildman–Crippen LogP) is 4.55. The van der Waals surface area contributed by atoms with Gasteiger partial charge in [-0.25, -0.2) is 4.79 Å². The van der Waals surface area contributed by atoms with Crippen LogP contribution in [0.3, 0.4) is 0 Å². The molecule has 1 aliphatic heterocycles. The summed E-state index contributed by atoms with van der Waals surface area (Å²) in [7, 11) is 0. The van der Waals surface area contributed by atoms with Crippen LogP contribution in [-0.2, 0) is 32.0 Å².